The topological polar surface area (TPSA) is 52.2 Å². The second-order valence-corrected chi connectivity index (χ2v) is 4.79. The van der Waals surface area contributed by atoms with Gasteiger partial charge in [-0.1, -0.05) is 6.08 Å². The molecule has 0 saturated carbocycles. The van der Waals surface area contributed by atoms with E-state index in [0.717, 1.165) is 6.08 Å². The minimum atomic E-state index is -4.27. The number of pyridine rings is 1. The molecule has 23 heavy (non-hydrogen) atoms. The van der Waals surface area contributed by atoms with Gasteiger partial charge >= 0.3 is 6.18 Å². The second kappa shape index (κ2) is 5.71. The van der Waals surface area contributed by atoms with Crippen LogP contribution in [-0.2, 0) is 0 Å². The third-order valence-corrected chi connectivity index (χ3v) is 3.13. The molecule has 0 spiro atoms. The number of hydrogen-bond donors (Lipinski definition) is 0. The van der Waals surface area contributed by atoms with Gasteiger partial charge in [-0.15, -0.1) is 0 Å². The average Bonchev–Trinajstić information content (AvgIpc) is 2.91. The number of halogens is 3. The first-order chi connectivity index (χ1) is 10.9. The van der Waals surface area contributed by atoms with Crippen LogP contribution in [-0.4, -0.2) is 25.1 Å². The van der Waals surface area contributed by atoms with E-state index >= 15 is 0 Å². The van der Waals surface area contributed by atoms with Crippen LogP contribution in [0, 0.1) is 0 Å². The molecule has 0 aliphatic carbocycles. The van der Waals surface area contributed by atoms with E-state index in [9.17, 15) is 18.0 Å². The van der Waals surface area contributed by atoms with Crippen LogP contribution in [0.5, 0.6) is 0 Å². The van der Waals surface area contributed by atoms with Crippen molar-refractivity contribution in [2.45, 2.75) is 12.6 Å². The molecule has 0 amide bonds. The normalized spacial score (nSPS) is 12.3. The Bertz CT molecular complexity index is 910. The van der Waals surface area contributed by atoms with Crippen LogP contribution >= 0.6 is 0 Å². The number of alkyl halides is 3. The lowest BCUT2D eigenvalue weighted by Gasteiger charge is -2.03. The smallest absolute Gasteiger partial charge is 0.293 e. The standard InChI is InChI=1S/C15H11F3N4O/c16-15(17,18)4-1-7-21-8-9-22-13(23)10-12(20-14(21)22)11-2-5-19-6-3-11/h1-3,5-10H,4H2/b7-1+. The molecule has 0 aliphatic rings. The Morgan fingerprint density at radius 2 is 1.91 bits per heavy atom. The van der Waals surface area contributed by atoms with Gasteiger partial charge in [0.2, 0.25) is 5.78 Å². The van der Waals surface area contributed by atoms with E-state index in [2.05, 4.69) is 9.97 Å². The Labute approximate surface area is 128 Å². The molecule has 0 radical (unpaired) electrons. The molecular formula is C15H11F3N4O. The third kappa shape index (κ3) is 3.31. The van der Waals surface area contributed by atoms with Crippen molar-refractivity contribution in [2.24, 2.45) is 0 Å². The summed E-state index contributed by atoms with van der Waals surface area (Å²) in [6, 6.07) is 4.77. The van der Waals surface area contributed by atoms with Gasteiger partial charge in [-0.2, -0.15) is 13.2 Å². The summed E-state index contributed by atoms with van der Waals surface area (Å²) in [5, 5.41) is 0. The van der Waals surface area contributed by atoms with Gasteiger partial charge in [0, 0.05) is 42.6 Å². The molecule has 0 N–H and O–H groups in total. The summed E-state index contributed by atoms with van der Waals surface area (Å²) in [6.45, 7) is 0. The predicted octanol–water partition coefficient (Wildman–Crippen LogP) is 2.98. The minimum absolute atomic E-state index is 0.239. The van der Waals surface area contributed by atoms with Gasteiger partial charge in [0.1, 0.15) is 0 Å². The van der Waals surface area contributed by atoms with Crippen molar-refractivity contribution < 1.29 is 13.2 Å². The lowest BCUT2D eigenvalue weighted by molar-refractivity contribution is -0.124. The van der Waals surface area contributed by atoms with E-state index in [0.29, 0.717) is 11.3 Å². The summed E-state index contributed by atoms with van der Waals surface area (Å²) in [5.74, 6) is 0.239. The average molecular weight is 320 g/mol. The van der Waals surface area contributed by atoms with Crippen LogP contribution in [0.15, 0.2) is 53.9 Å². The third-order valence-electron chi connectivity index (χ3n) is 3.13. The van der Waals surface area contributed by atoms with Gasteiger partial charge in [0.15, 0.2) is 0 Å². The van der Waals surface area contributed by atoms with Crippen LogP contribution < -0.4 is 5.56 Å². The molecule has 0 aromatic carbocycles. The zero-order valence-corrected chi connectivity index (χ0v) is 11.7. The number of nitrogens with zero attached hydrogens (tertiary/aromatic N) is 4. The molecule has 3 heterocycles. The number of aromatic nitrogens is 4. The van der Waals surface area contributed by atoms with Crippen LogP contribution in [0.2, 0.25) is 0 Å². The zero-order chi connectivity index (χ0) is 16.4. The maximum atomic E-state index is 12.2. The highest BCUT2D eigenvalue weighted by atomic mass is 19.4. The molecule has 3 rings (SSSR count). The van der Waals surface area contributed by atoms with E-state index in [1.165, 1.54) is 33.6 Å². The maximum absolute atomic E-state index is 12.2. The van der Waals surface area contributed by atoms with Gasteiger partial charge in [0.25, 0.3) is 5.56 Å². The SMILES string of the molecule is O=c1cc(-c2ccncc2)nc2n(/C=C/CC(F)(F)F)ccn12. The van der Waals surface area contributed by atoms with Gasteiger partial charge in [-0.05, 0) is 12.1 Å². The molecule has 0 atom stereocenters. The van der Waals surface area contributed by atoms with Crippen molar-refractivity contribution in [1.82, 2.24) is 18.9 Å². The Balaban J connectivity index is 2.05. The monoisotopic (exact) mass is 320 g/mol. The Morgan fingerprint density at radius 1 is 1.17 bits per heavy atom. The lowest BCUT2D eigenvalue weighted by atomic mass is 10.2. The van der Waals surface area contributed by atoms with Crippen molar-refractivity contribution in [3.05, 3.63) is 59.4 Å². The lowest BCUT2D eigenvalue weighted by Crippen LogP contribution is -2.13. The van der Waals surface area contributed by atoms with Crippen molar-refractivity contribution in [1.29, 1.82) is 0 Å². The molecule has 3 aromatic rings. The molecule has 0 unspecified atom stereocenters. The maximum Gasteiger partial charge on any atom is 0.392 e. The molecule has 8 heteroatoms. The van der Waals surface area contributed by atoms with Crippen molar-refractivity contribution in [3.63, 3.8) is 0 Å². The Morgan fingerprint density at radius 3 is 2.61 bits per heavy atom. The van der Waals surface area contributed by atoms with Gasteiger partial charge in [-0.3, -0.25) is 18.7 Å². The van der Waals surface area contributed by atoms with Gasteiger partial charge in [-0.25, -0.2) is 4.98 Å². The van der Waals surface area contributed by atoms with E-state index in [1.807, 2.05) is 0 Å². The minimum Gasteiger partial charge on any atom is -0.293 e. The van der Waals surface area contributed by atoms with E-state index in [4.69, 9.17) is 0 Å². The molecule has 0 aliphatic heterocycles. The fourth-order valence-corrected chi connectivity index (χ4v) is 2.09. The molecule has 3 aromatic heterocycles. The van der Waals surface area contributed by atoms with Crippen molar-refractivity contribution >= 4 is 12.0 Å². The predicted molar refractivity (Wildman–Crippen MR) is 78.7 cm³/mol. The van der Waals surface area contributed by atoms with Crippen LogP contribution in [0.1, 0.15) is 6.42 Å². The van der Waals surface area contributed by atoms with Crippen LogP contribution in [0.25, 0.3) is 23.2 Å². The number of hydrogen-bond acceptors (Lipinski definition) is 3. The van der Waals surface area contributed by atoms with E-state index < -0.39 is 12.6 Å². The summed E-state index contributed by atoms with van der Waals surface area (Å²) in [6.07, 6.45) is 2.97. The highest BCUT2D eigenvalue weighted by molar-refractivity contribution is 5.60. The first-order valence-electron chi connectivity index (χ1n) is 6.68. The Hall–Kier alpha value is -2.90. The summed E-state index contributed by atoms with van der Waals surface area (Å²) >= 11 is 0. The summed E-state index contributed by atoms with van der Waals surface area (Å²) in [4.78, 5) is 20.3. The number of rotatable bonds is 3. The quantitative estimate of drug-likeness (QED) is 0.745. The van der Waals surface area contributed by atoms with Crippen molar-refractivity contribution in [3.8, 4) is 11.3 Å². The van der Waals surface area contributed by atoms with Crippen LogP contribution in [0.3, 0.4) is 0 Å². The molecule has 0 saturated heterocycles. The largest absolute Gasteiger partial charge is 0.392 e. The highest BCUT2D eigenvalue weighted by Crippen LogP contribution is 2.20. The first kappa shape index (κ1) is 15.0. The number of imidazole rings is 1. The second-order valence-electron chi connectivity index (χ2n) is 4.79. The van der Waals surface area contributed by atoms with Gasteiger partial charge < -0.3 is 0 Å². The summed E-state index contributed by atoms with van der Waals surface area (Å²) in [5.41, 5.74) is 0.818. The summed E-state index contributed by atoms with van der Waals surface area (Å²) < 4.78 is 39.3. The van der Waals surface area contributed by atoms with Crippen molar-refractivity contribution in [2.75, 3.05) is 0 Å². The van der Waals surface area contributed by atoms with E-state index in [1.54, 1.807) is 24.5 Å². The summed E-state index contributed by atoms with van der Waals surface area (Å²) in [7, 11) is 0. The number of fused-ring (bicyclic) bond motifs is 1. The Kier molecular flexibility index (Phi) is 3.73. The molecule has 118 valence electrons. The zero-order valence-electron chi connectivity index (χ0n) is 11.7. The van der Waals surface area contributed by atoms with Gasteiger partial charge in [0.05, 0.1) is 12.1 Å². The number of allylic oxidation sites excluding steroid dienone is 1. The molecular weight excluding hydrogens is 309 g/mol. The van der Waals surface area contributed by atoms with E-state index in [-0.39, 0.29) is 11.3 Å². The molecule has 0 fully saturated rings. The fourth-order valence-electron chi connectivity index (χ4n) is 2.09. The molecule has 0 bridgehead atoms. The fraction of sp³-hybridized carbons (Fsp3) is 0.133. The van der Waals surface area contributed by atoms with Crippen LogP contribution in [0.4, 0.5) is 13.2 Å². The molecule has 5 nitrogen and oxygen atoms in total. The first-order valence-corrected chi connectivity index (χ1v) is 6.68. The highest BCUT2D eigenvalue weighted by Gasteiger charge is 2.24.